The van der Waals surface area contributed by atoms with E-state index in [1.54, 1.807) is 25.4 Å². The van der Waals surface area contributed by atoms with Crippen molar-refractivity contribution in [1.29, 1.82) is 0 Å². The van der Waals surface area contributed by atoms with Crippen molar-refractivity contribution >= 4 is 5.91 Å². The summed E-state index contributed by atoms with van der Waals surface area (Å²) >= 11 is 0. The Labute approximate surface area is 123 Å². The van der Waals surface area contributed by atoms with Crippen molar-refractivity contribution in [3.63, 3.8) is 0 Å². The molecule has 114 valence electrons. The summed E-state index contributed by atoms with van der Waals surface area (Å²) in [4.78, 5) is 16.5. The molecule has 1 aliphatic heterocycles. The van der Waals surface area contributed by atoms with Crippen LogP contribution in [0, 0.1) is 11.8 Å². The van der Waals surface area contributed by atoms with Crippen LogP contribution in [0.5, 0.6) is 5.88 Å². The van der Waals surface area contributed by atoms with E-state index in [0.717, 1.165) is 13.0 Å². The fourth-order valence-electron chi connectivity index (χ4n) is 3.39. The molecule has 0 aromatic carbocycles. The van der Waals surface area contributed by atoms with Crippen LogP contribution >= 0.6 is 0 Å². The van der Waals surface area contributed by atoms with Gasteiger partial charge in [-0.1, -0.05) is 0 Å². The molecule has 1 aliphatic carbocycles. The summed E-state index contributed by atoms with van der Waals surface area (Å²) in [5.41, 5.74) is 0.457. The second-order valence-corrected chi connectivity index (χ2v) is 5.47. The van der Waals surface area contributed by atoms with Gasteiger partial charge in [0.15, 0.2) is 0 Å². The third-order valence-corrected chi connectivity index (χ3v) is 4.39. The normalized spacial score (nSPS) is 30.4. The molecule has 21 heavy (non-hydrogen) atoms. The minimum absolute atomic E-state index is 0.0925. The zero-order valence-corrected chi connectivity index (χ0v) is 12.2. The van der Waals surface area contributed by atoms with Crippen molar-refractivity contribution in [2.75, 3.05) is 27.4 Å². The zero-order chi connectivity index (χ0) is 14.8. The number of fused-ring (bicyclic) bond motifs is 1. The lowest BCUT2D eigenvalue weighted by atomic mass is 9.67. The van der Waals surface area contributed by atoms with E-state index in [0.29, 0.717) is 24.0 Å². The molecule has 4 atom stereocenters. The monoisotopic (exact) mass is 292 g/mol. The van der Waals surface area contributed by atoms with E-state index >= 15 is 0 Å². The van der Waals surface area contributed by atoms with E-state index in [1.165, 1.54) is 7.11 Å². The number of amides is 1. The molecular weight excluding hydrogens is 272 g/mol. The number of carbonyl (C=O) groups is 1. The number of pyridine rings is 1. The maximum Gasteiger partial charge on any atom is 0.257 e. The average molecular weight is 292 g/mol. The lowest BCUT2D eigenvalue weighted by Crippen LogP contribution is -2.62. The molecule has 6 heteroatoms. The molecule has 3 rings (SSSR count). The maximum atomic E-state index is 12.5. The van der Waals surface area contributed by atoms with E-state index in [1.807, 2.05) is 0 Å². The topological polar surface area (TPSA) is 69.7 Å². The van der Waals surface area contributed by atoms with Crippen LogP contribution < -0.4 is 10.1 Å². The number of aromatic nitrogens is 1. The van der Waals surface area contributed by atoms with Crippen LogP contribution in [0.25, 0.3) is 0 Å². The van der Waals surface area contributed by atoms with Gasteiger partial charge < -0.3 is 19.5 Å². The smallest absolute Gasteiger partial charge is 0.257 e. The number of rotatable bonds is 5. The fraction of sp³-hybridized carbons (Fsp3) is 0.600. The Balaban J connectivity index is 1.72. The molecule has 1 aromatic rings. The second kappa shape index (κ2) is 5.99. The fourth-order valence-corrected chi connectivity index (χ4v) is 3.39. The van der Waals surface area contributed by atoms with Crippen molar-refractivity contribution in [3.05, 3.63) is 23.9 Å². The Bertz CT molecular complexity index is 522. The van der Waals surface area contributed by atoms with Crippen LogP contribution in [0.4, 0.5) is 0 Å². The van der Waals surface area contributed by atoms with Crippen LogP contribution in [-0.2, 0) is 9.47 Å². The Morgan fingerprint density at radius 1 is 1.52 bits per heavy atom. The van der Waals surface area contributed by atoms with Gasteiger partial charge in [-0.2, -0.15) is 0 Å². The SMILES string of the molecule is COC[C@@H]1[C@H](NC(=O)c2cccnc2OC)[C@@H]2CCO[C@H]12. The van der Waals surface area contributed by atoms with Crippen molar-refractivity contribution in [2.45, 2.75) is 18.6 Å². The first kappa shape index (κ1) is 14.3. The highest BCUT2D eigenvalue weighted by Crippen LogP contribution is 2.43. The Morgan fingerprint density at radius 2 is 2.38 bits per heavy atom. The Kier molecular flexibility index (Phi) is 4.07. The molecular formula is C15H20N2O4. The van der Waals surface area contributed by atoms with E-state index in [-0.39, 0.29) is 24.0 Å². The van der Waals surface area contributed by atoms with Crippen molar-refractivity contribution < 1.29 is 19.0 Å². The van der Waals surface area contributed by atoms with Gasteiger partial charge in [0, 0.05) is 37.8 Å². The number of hydrogen-bond donors (Lipinski definition) is 1. The third-order valence-electron chi connectivity index (χ3n) is 4.39. The van der Waals surface area contributed by atoms with Crippen molar-refractivity contribution in [2.24, 2.45) is 11.8 Å². The van der Waals surface area contributed by atoms with Gasteiger partial charge in [-0.25, -0.2) is 4.98 Å². The molecule has 2 heterocycles. The summed E-state index contributed by atoms with van der Waals surface area (Å²) in [5, 5.41) is 3.09. The Hall–Kier alpha value is -1.66. The lowest BCUT2D eigenvalue weighted by molar-refractivity contribution is -0.0809. The van der Waals surface area contributed by atoms with Crippen LogP contribution in [0.1, 0.15) is 16.8 Å². The van der Waals surface area contributed by atoms with Gasteiger partial charge in [0.25, 0.3) is 5.91 Å². The molecule has 2 aliphatic rings. The van der Waals surface area contributed by atoms with Crippen LogP contribution in [0.2, 0.25) is 0 Å². The molecule has 2 fully saturated rings. The van der Waals surface area contributed by atoms with Gasteiger partial charge >= 0.3 is 0 Å². The number of ether oxygens (including phenoxy) is 3. The second-order valence-electron chi connectivity index (χ2n) is 5.47. The van der Waals surface area contributed by atoms with Gasteiger partial charge in [-0.15, -0.1) is 0 Å². The average Bonchev–Trinajstić information content (AvgIpc) is 2.94. The molecule has 0 radical (unpaired) electrons. The number of methoxy groups -OCH3 is 2. The largest absolute Gasteiger partial charge is 0.480 e. The number of nitrogens with zero attached hydrogens (tertiary/aromatic N) is 1. The summed E-state index contributed by atoms with van der Waals surface area (Å²) in [6.45, 7) is 1.36. The minimum Gasteiger partial charge on any atom is -0.480 e. The zero-order valence-electron chi connectivity index (χ0n) is 12.2. The first-order valence-corrected chi connectivity index (χ1v) is 7.16. The van der Waals surface area contributed by atoms with Gasteiger partial charge in [-0.3, -0.25) is 4.79 Å². The molecule has 1 saturated carbocycles. The van der Waals surface area contributed by atoms with Crippen LogP contribution in [0.15, 0.2) is 18.3 Å². The summed E-state index contributed by atoms with van der Waals surface area (Å²) in [6, 6.07) is 3.54. The summed E-state index contributed by atoms with van der Waals surface area (Å²) < 4.78 is 16.1. The van der Waals surface area contributed by atoms with Crippen LogP contribution in [-0.4, -0.2) is 50.5 Å². The lowest BCUT2D eigenvalue weighted by Gasteiger charge is -2.47. The standard InChI is InChI=1S/C15H20N2O4/c1-19-8-11-12(9-5-7-21-13(9)11)17-14(18)10-4-3-6-16-15(10)20-2/h3-4,6,9,11-13H,5,7-8H2,1-2H3,(H,17,18)/t9-,11+,12+,13-/m0/s1. The first-order chi connectivity index (χ1) is 10.3. The molecule has 0 spiro atoms. The molecule has 1 aromatic heterocycles. The van der Waals surface area contributed by atoms with Gasteiger partial charge in [-0.05, 0) is 18.6 Å². The maximum absolute atomic E-state index is 12.5. The van der Waals surface area contributed by atoms with Crippen molar-refractivity contribution in [3.8, 4) is 5.88 Å². The molecule has 1 N–H and O–H groups in total. The highest BCUT2D eigenvalue weighted by molar-refractivity contribution is 5.96. The van der Waals surface area contributed by atoms with Crippen LogP contribution in [0.3, 0.4) is 0 Å². The van der Waals surface area contributed by atoms with Gasteiger partial charge in [0.2, 0.25) is 5.88 Å². The highest BCUT2D eigenvalue weighted by Gasteiger charge is 2.54. The predicted molar refractivity (Wildman–Crippen MR) is 75.3 cm³/mol. The number of carbonyl (C=O) groups excluding carboxylic acids is 1. The first-order valence-electron chi connectivity index (χ1n) is 7.16. The Morgan fingerprint density at radius 3 is 3.14 bits per heavy atom. The van der Waals surface area contributed by atoms with Crippen molar-refractivity contribution in [1.82, 2.24) is 10.3 Å². The van der Waals surface area contributed by atoms with E-state index in [2.05, 4.69) is 10.3 Å². The number of hydrogen-bond acceptors (Lipinski definition) is 5. The van der Waals surface area contributed by atoms with E-state index in [4.69, 9.17) is 14.2 Å². The summed E-state index contributed by atoms with van der Waals surface area (Å²) in [6.07, 6.45) is 2.80. The molecule has 1 saturated heterocycles. The summed E-state index contributed by atoms with van der Waals surface area (Å²) in [5.74, 6) is 0.791. The molecule has 0 unspecified atom stereocenters. The molecule has 6 nitrogen and oxygen atoms in total. The summed E-state index contributed by atoms with van der Waals surface area (Å²) in [7, 11) is 3.18. The molecule has 0 bridgehead atoms. The predicted octanol–water partition coefficient (Wildman–Crippen LogP) is 0.870. The van der Waals surface area contributed by atoms with Gasteiger partial charge in [0.1, 0.15) is 5.56 Å². The minimum atomic E-state index is -0.156. The van der Waals surface area contributed by atoms with E-state index < -0.39 is 0 Å². The van der Waals surface area contributed by atoms with E-state index in [9.17, 15) is 4.79 Å². The molecule has 1 amide bonds. The quantitative estimate of drug-likeness (QED) is 0.872. The highest BCUT2D eigenvalue weighted by atomic mass is 16.5. The third kappa shape index (κ3) is 2.49. The van der Waals surface area contributed by atoms with Gasteiger partial charge in [0.05, 0.1) is 19.8 Å². The number of nitrogens with one attached hydrogen (secondary N) is 1.